The maximum absolute atomic E-state index is 12.5. The Hall–Kier alpha value is -4.46. The van der Waals surface area contributed by atoms with Crippen LogP contribution >= 0.6 is 0 Å². The first-order valence-electron chi connectivity index (χ1n) is 10.2. The van der Waals surface area contributed by atoms with E-state index < -0.39 is 18.2 Å². The van der Waals surface area contributed by atoms with Crippen LogP contribution in [0, 0.1) is 6.92 Å². The van der Waals surface area contributed by atoms with Crippen molar-refractivity contribution >= 4 is 17.7 Å². The molecule has 2 heterocycles. The van der Waals surface area contributed by atoms with E-state index in [1.54, 1.807) is 50.4 Å². The van der Waals surface area contributed by atoms with Crippen LogP contribution in [0.15, 0.2) is 77.4 Å². The van der Waals surface area contributed by atoms with Crippen molar-refractivity contribution < 1.29 is 24.0 Å². The molecule has 0 aliphatic heterocycles. The number of aromatic carboxylic acids is 1. The molecular weight excluding hydrogens is 422 g/mol. The molecule has 166 valence electrons. The molecular formula is C25H21N3O5. The monoisotopic (exact) mass is 443 g/mol. The number of aryl methyl sites for hydroxylation is 1. The topological polar surface area (TPSA) is 115 Å². The van der Waals surface area contributed by atoms with E-state index in [1.807, 2.05) is 36.4 Å². The summed E-state index contributed by atoms with van der Waals surface area (Å²) in [4.78, 5) is 27.9. The van der Waals surface area contributed by atoms with Crippen LogP contribution in [-0.2, 0) is 4.74 Å². The second-order valence-corrected chi connectivity index (χ2v) is 7.36. The molecule has 0 fully saturated rings. The number of carbonyl (C=O) groups is 2. The normalized spacial score (nSPS) is 11.6. The van der Waals surface area contributed by atoms with E-state index in [2.05, 4.69) is 15.5 Å². The van der Waals surface area contributed by atoms with Crippen molar-refractivity contribution in [1.82, 2.24) is 10.1 Å². The van der Waals surface area contributed by atoms with E-state index in [0.29, 0.717) is 28.4 Å². The molecule has 8 heteroatoms. The predicted octanol–water partition coefficient (Wildman–Crippen LogP) is 5.72. The minimum atomic E-state index is -0.981. The van der Waals surface area contributed by atoms with Crippen LogP contribution < -0.4 is 5.32 Å². The minimum Gasteiger partial charge on any atom is -0.478 e. The van der Waals surface area contributed by atoms with E-state index >= 15 is 0 Å². The summed E-state index contributed by atoms with van der Waals surface area (Å²) in [5.74, 6) is -0.591. The van der Waals surface area contributed by atoms with Crippen molar-refractivity contribution in [1.29, 1.82) is 0 Å². The molecule has 4 rings (SSSR count). The third-order valence-corrected chi connectivity index (χ3v) is 5.07. The molecule has 8 nitrogen and oxygen atoms in total. The molecule has 0 aliphatic rings. The molecule has 0 bridgehead atoms. The zero-order chi connectivity index (χ0) is 23.4. The van der Waals surface area contributed by atoms with Crippen LogP contribution in [0.2, 0.25) is 0 Å². The van der Waals surface area contributed by atoms with Crippen molar-refractivity contribution in [2.24, 2.45) is 0 Å². The number of nitrogens with zero attached hydrogens (tertiary/aromatic N) is 2. The first-order chi connectivity index (χ1) is 15.9. The van der Waals surface area contributed by atoms with E-state index in [9.17, 15) is 14.7 Å². The summed E-state index contributed by atoms with van der Waals surface area (Å²) in [6.07, 6.45) is 0.454. The largest absolute Gasteiger partial charge is 0.478 e. The lowest BCUT2D eigenvalue weighted by molar-refractivity contribution is 0.0696. The summed E-state index contributed by atoms with van der Waals surface area (Å²) < 4.78 is 10.9. The Morgan fingerprint density at radius 1 is 1.00 bits per heavy atom. The second-order valence-electron chi connectivity index (χ2n) is 7.36. The summed E-state index contributed by atoms with van der Waals surface area (Å²) in [7, 11) is 0. The smallest absolute Gasteiger partial charge is 0.412 e. The number of anilines is 1. The van der Waals surface area contributed by atoms with Crippen LogP contribution in [0.4, 0.5) is 10.5 Å². The molecule has 0 aliphatic carbocycles. The molecule has 0 saturated heterocycles. The molecule has 2 aromatic carbocycles. The van der Waals surface area contributed by atoms with E-state index in [4.69, 9.17) is 9.26 Å². The second kappa shape index (κ2) is 9.35. The highest BCUT2D eigenvalue weighted by atomic mass is 16.6. The first kappa shape index (κ1) is 21.8. The summed E-state index contributed by atoms with van der Waals surface area (Å²) in [5, 5.41) is 15.9. The number of rotatable bonds is 6. The van der Waals surface area contributed by atoms with Crippen molar-refractivity contribution in [2.75, 3.05) is 5.32 Å². The highest BCUT2D eigenvalue weighted by molar-refractivity contribution is 5.91. The van der Waals surface area contributed by atoms with E-state index in [0.717, 1.165) is 11.1 Å². The number of aromatic nitrogens is 2. The number of carboxylic acid groups (broad SMARTS) is 1. The van der Waals surface area contributed by atoms with Crippen molar-refractivity contribution in [3.8, 4) is 22.5 Å². The number of hydrogen-bond acceptors (Lipinski definition) is 6. The Morgan fingerprint density at radius 3 is 2.45 bits per heavy atom. The third-order valence-electron chi connectivity index (χ3n) is 5.07. The maximum Gasteiger partial charge on any atom is 0.412 e. The fourth-order valence-electron chi connectivity index (χ4n) is 3.33. The zero-order valence-corrected chi connectivity index (χ0v) is 18.0. The number of carboxylic acids is 1. The van der Waals surface area contributed by atoms with Crippen molar-refractivity contribution in [2.45, 2.75) is 20.0 Å². The van der Waals surface area contributed by atoms with Gasteiger partial charge in [0.25, 0.3) is 0 Å². The van der Waals surface area contributed by atoms with Gasteiger partial charge < -0.3 is 14.4 Å². The minimum absolute atomic E-state index is 0.215. The van der Waals surface area contributed by atoms with Crippen LogP contribution in [0.1, 0.15) is 34.8 Å². The lowest BCUT2D eigenvalue weighted by Crippen LogP contribution is -2.17. The number of ether oxygens (including phenoxy) is 1. The SMILES string of the molecule is Cc1noc(-c2ccc(-c3cccc(C(=O)O)c3)cc2)c1NC(=O)OC(C)c1ccccn1. The van der Waals surface area contributed by atoms with Gasteiger partial charge in [0, 0.05) is 11.8 Å². The van der Waals surface area contributed by atoms with Gasteiger partial charge in [-0.3, -0.25) is 10.3 Å². The molecule has 0 saturated carbocycles. The molecule has 0 spiro atoms. The van der Waals surface area contributed by atoms with Crippen LogP contribution in [0.5, 0.6) is 0 Å². The number of hydrogen-bond donors (Lipinski definition) is 2. The van der Waals surface area contributed by atoms with Gasteiger partial charge in [-0.05, 0) is 49.2 Å². The van der Waals surface area contributed by atoms with Gasteiger partial charge in [-0.1, -0.05) is 47.6 Å². The molecule has 1 atom stereocenters. The van der Waals surface area contributed by atoms with Crippen LogP contribution in [0.25, 0.3) is 22.5 Å². The molecule has 33 heavy (non-hydrogen) atoms. The van der Waals surface area contributed by atoms with Gasteiger partial charge in [0.2, 0.25) is 0 Å². The van der Waals surface area contributed by atoms with Gasteiger partial charge in [-0.25, -0.2) is 9.59 Å². The number of pyridine rings is 1. The van der Waals surface area contributed by atoms with E-state index in [-0.39, 0.29) is 5.56 Å². The highest BCUT2D eigenvalue weighted by Crippen LogP contribution is 2.33. The molecule has 1 unspecified atom stereocenters. The Labute approximate surface area is 189 Å². The average Bonchev–Trinajstić information content (AvgIpc) is 3.19. The van der Waals surface area contributed by atoms with Crippen LogP contribution in [0.3, 0.4) is 0 Å². The van der Waals surface area contributed by atoms with Crippen molar-refractivity contribution in [3.63, 3.8) is 0 Å². The van der Waals surface area contributed by atoms with Gasteiger partial charge >= 0.3 is 12.1 Å². The Balaban J connectivity index is 1.52. The number of carbonyl (C=O) groups excluding carboxylic acids is 1. The standard InChI is InChI=1S/C25H21N3O5/c1-15-22(27-25(31)32-16(2)21-8-3-4-13-26-21)23(33-28-15)18-11-9-17(10-12-18)19-6-5-7-20(14-19)24(29)30/h3-14,16H,1-2H3,(H,27,31)(H,29,30). The lowest BCUT2D eigenvalue weighted by Gasteiger charge is -2.13. The molecule has 4 aromatic rings. The molecule has 1 amide bonds. The number of nitrogens with one attached hydrogen (secondary N) is 1. The Kier molecular flexibility index (Phi) is 6.17. The number of benzene rings is 2. The average molecular weight is 443 g/mol. The van der Waals surface area contributed by atoms with Gasteiger partial charge in [0.05, 0.1) is 11.3 Å². The zero-order valence-electron chi connectivity index (χ0n) is 18.0. The Morgan fingerprint density at radius 2 is 1.76 bits per heavy atom. The fraction of sp³-hybridized carbons (Fsp3) is 0.120. The quantitative estimate of drug-likeness (QED) is 0.392. The summed E-state index contributed by atoms with van der Waals surface area (Å²) in [6.45, 7) is 3.46. The number of amides is 1. The third kappa shape index (κ3) is 4.90. The predicted molar refractivity (Wildman–Crippen MR) is 122 cm³/mol. The molecule has 2 N–H and O–H groups in total. The summed E-state index contributed by atoms with van der Waals surface area (Å²) in [5.41, 5.74) is 4.09. The van der Waals surface area contributed by atoms with Gasteiger partial charge in [0.15, 0.2) is 5.76 Å². The highest BCUT2D eigenvalue weighted by Gasteiger charge is 2.20. The summed E-state index contributed by atoms with van der Waals surface area (Å²) >= 11 is 0. The first-order valence-corrected chi connectivity index (χ1v) is 10.2. The fourth-order valence-corrected chi connectivity index (χ4v) is 3.33. The van der Waals surface area contributed by atoms with Crippen molar-refractivity contribution in [3.05, 3.63) is 89.9 Å². The van der Waals surface area contributed by atoms with Gasteiger partial charge in [-0.15, -0.1) is 0 Å². The summed E-state index contributed by atoms with van der Waals surface area (Å²) in [6, 6.07) is 19.4. The van der Waals surface area contributed by atoms with Gasteiger partial charge in [0.1, 0.15) is 17.5 Å². The van der Waals surface area contributed by atoms with Gasteiger partial charge in [-0.2, -0.15) is 0 Å². The molecule has 2 aromatic heterocycles. The molecule has 0 radical (unpaired) electrons. The Bertz CT molecular complexity index is 1280. The maximum atomic E-state index is 12.5. The van der Waals surface area contributed by atoms with E-state index in [1.165, 1.54) is 0 Å². The lowest BCUT2D eigenvalue weighted by atomic mass is 10.0. The van der Waals surface area contributed by atoms with Crippen LogP contribution in [-0.4, -0.2) is 27.3 Å².